The van der Waals surface area contributed by atoms with Gasteiger partial charge in [0.2, 0.25) is 5.91 Å². The van der Waals surface area contributed by atoms with Gasteiger partial charge in [-0.25, -0.2) is 0 Å². The molecule has 10 heteroatoms. The van der Waals surface area contributed by atoms with Crippen LogP contribution in [-0.4, -0.2) is 49.6 Å². The molecule has 2 atom stereocenters. The van der Waals surface area contributed by atoms with E-state index in [4.69, 9.17) is 27.9 Å². The van der Waals surface area contributed by atoms with E-state index in [-0.39, 0.29) is 41.4 Å². The van der Waals surface area contributed by atoms with E-state index in [2.05, 4.69) is 5.32 Å². The molecule has 0 unspecified atom stereocenters. The van der Waals surface area contributed by atoms with Crippen molar-refractivity contribution in [3.05, 3.63) is 69.7 Å². The molecular formula is C25H25Cl2F3N2O3. The topological polar surface area (TPSA) is 58.6 Å². The first-order chi connectivity index (χ1) is 16.5. The summed E-state index contributed by atoms with van der Waals surface area (Å²) in [6, 6.07) is 13.1. The second-order valence-corrected chi connectivity index (χ2v) is 10.0. The number of amides is 2. The van der Waals surface area contributed by atoms with Crippen LogP contribution in [0.15, 0.2) is 48.5 Å². The van der Waals surface area contributed by atoms with Gasteiger partial charge in [-0.05, 0) is 42.0 Å². The highest BCUT2D eigenvalue weighted by Crippen LogP contribution is 2.50. The van der Waals surface area contributed by atoms with Gasteiger partial charge in [-0.15, -0.1) is 0 Å². The van der Waals surface area contributed by atoms with Crippen LogP contribution in [0.3, 0.4) is 0 Å². The number of hydrogen-bond donors (Lipinski definition) is 1. The summed E-state index contributed by atoms with van der Waals surface area (Å²) in [5.74, 6) is -1.32. The Morgan fingerprint density at radius 1 is 1.09 bits per heavy atom. The lowest BCUT2D eigenvalue weighted by Gasteiger charge is -2.50. The molecule has 4 rings (SSSR count). The summed E-state index contributed by atoms with van der Waals surface area (Å²) in [5, 5.41) is 2.83. The molecule has 2 aromatic rings. The highest BCUT2D eigenvalue weighted by molar-refractivity contribution is 6.34. The highest BCUT2D eigenvalue weighted by Gasteiger charge is 2.64. The van der Waals surface area contributed by atoms with Crippen molar-refractivity contribution < 1.29 is 27.5 Å². The Kier molecular flexibility index (Phi) is 7.10. The number of benzene rings is 2. The summed E-state index contributed by atoms with van der Waals surface area (Å²) in [4.78, 5) is 27.0. The van der Waals surface area contributed by atoms with Crippen molar-refractivity contribution in [2.45, 2.75) is 37.0 Å². The summed E-state index contributed by atoms with van der Waals surface area (Å²) in [6.45, 7) is 0.568. The third-order valence-corrected chi connectivity index (χ3v) is 7.72. The standard InChI is InChI=1S/C25H25Cl2F3N2O3/c1-35-24(25(28,29)30,17-11-18(26)13-19(27)12-17)22(34)32-9-7-23(8-10-32)14-21(33)31-15-20(23)16-5-3-2-4-6-16/h2-6,11-13,20H,7-10,14-15H2,1H3,(H,31,33)/t20-,24+/m0/s1. The maximum atomic E-state index is 14.5. The van der Waals surface area contributed by atoms with Crippen LogP contribution in [0.1, 0.15) is 36.3 Å². The number of piperidine rings is 2. The molecule has 188 valence electrons. The minimum Gasteiger partial charge on any atom is -0.356 e. The largest absolute Gasteiger partial charge is 0.430 e. The van der Waals surface area contributed by atoms with Crippen LogP contribution < -0.4 is 5.32 Å². The fourth-order valence-electron chi connectivity index (χ4n) is 5.48. The van der Waals surface area contributed by atoms with Crippen LogP contribution in [-0.2, 0) is 19.9 Å². The molecule has 0 aliphatic carbocycles. The predicted octanol–water partition coefficient (Wildman–Crippen LogP) is 5.31. The fourth-order valence-corrected chi connectivity index (χ4v) is 6.01. The lowest BCUT2D eigenvalue weighted by molar-refractivity contribution is -0.271. The van der Waals surface area contributed by atoms with Gasteiger partial charge in [-0.3, -0.25) is 9.59 Å². The van der Waals surface area contributed by atoms with E-state index >= 15 is 0 Å². The number of rotatable bonds is 4. The van der Waals surface area contributed by atoms with Crippen molar-refractivity contribution in [3.8, 4) is 0 Å². The van der Waals surface area contributed by atoms with Crippen LogP contribution in [0.25, 0.3) is 0 Å². The van der Waals surface area contributed by atoms with Crippen LogP contribution in [0, 0.1) is 5.41 Å². The maximum Gasteiger partial charge on any atom is 0.430 e. The summed E-state index contributed by atoms with van der Waals surface area (Å²) in [6.07, 6.45) is -4.04. The van der Waals surface area contributed by atoms with Gasteiger partial charge in [0, 0.05) is 54.7 Å². The lowest BCUT2D eigenvalue weighted by atomic mass is 9.62. The van der Waals surface area contributed by atoms with Crippen molar-refractivity contribution in [1.82, 2.24) is 10.2 Å². The second kappa shape index (κ2) is 9.64. The van der Waals surface area contributed by atoms with Crippen molar-refractivity contribution >= 4 is 35.0 Å². The number of carbonyl (C=O) groups excluding carboxylic acids is 2. The molecule has 2 fully saturated rings. The van der Waals surface area contributed by atoms with Gasteiger partial charge in [-0.1, -0.05) is 53.5 Å². The van der Waals surface area contributed by atoms with E-state index in [9.17, 15) is 22.8 Å². The molecule has 2 saturated heterocycles. The molecule has 2 aromatic carbocycles. The molecule has 0 bridgehead atoms. The van der Waals surface area contributed by atoms with E-state index < -0.39 is 28.7 Å². The first-order valence-corrected chi connectivity index (χ1v) is 12.0. The number of carbonyl (C=O) groups is 2. The Morgan fingerprint density at radius 2 is 1.69 bits per heavy atom. The minimum absolute atomic E-state index is 0.000173. The molecule has 1 N–H and O–H groups in total. The molecule has 0 aromatic heterocycles. The zero-order valence-corrected chi connectivity index (χ0v) is 20.5. The summed E-state index contributed by atoms with van der Waals surface area (Å²) < 4.78 is 48.5. The predicted molar refractivity (Wildman–Crippen MR) is 126 cm³/mol. The summed E-state index contributed by atoms with van der Waals surface area (Å²) >= 11 is 11.9. The number of ether oxygens (including phenoxy) is 1. The molecule has 2 heterocycles. The molecule has 0 radical (unpaired) electrons. The molecule has 35 heavy (non-hydrogen) atoms. The number of nitrogens with zero attached hydrogens (tertiary/aromatic N) is 1. The smallest absolute Gasteiger partial charge is 0.356 e. The summed E-state index contributed by atoms with van der Waals surface area (Å²) in [7, 11) is 0.850. The zero-order valence-electron chi connectivity index (χ0n) is 19.0. The van der Waals surface area contributed by atoms with Crippen molar-refractivity contribution in [2.75, 3.05) is 26.7 Å². The average molecular weight is 529 g/mol. The normalized spacial score (nSPS) is 21.9. The number of likely N-dealkylation sites (tertiary alicyclic amines) is 1. The van der Waals surface area contributed by atoms with Gasteiger partial charge in [0.25, 0.3) is 11.5 Å². The number of hydrogen-bond acceptors (Lipinski definition) is 3. The minimum atomic E-state index is -5.07. The Hall–Kier alpha value is -2.29. The van der Waals surface area contributed by atoms with Crippen molar-refractivity contribution in [2.24, 2.45) is 5.41 Å². The van der Waals surface area contributed by atoms with E-state index in [0.29, 0.717) is 19.4 Å². The Balaban J connectivity index is 1.65. The van der Waals surface area contributed by atoms with Gasteiger partial charge < -0.3 is 15.0 Å². The molecule has 0 saturated carbocycles. The monoisotopic (exact) mass is 528 g/mol. The zero-order chi connectivity index (χ0) is 25.4. The third-order valence-electron chi connectivity index (χ3n) is 7.28. The van der Waals surface area contributed by atoms with Gasteiger partial charge in [0.15, 0.2) is 0 Å². The number of nitrogens with one attached hydrogen (secondary N) is 1. The first kappa shape index (κ1) is 25.8. The quantitative estimate of drug-likeness (QED) is 0.584. The van der Waals surface area contributed by atoms with Gasteiger partial charge in [-0.2, -0.15) is 13.2 Å². The number of alkyl halides is 3. The van der Waals surface area contributed by atoms with Gasteiger partial charge >= 0.3 is 6.18 Å². The fraction of sp³-hybridized carbons (Fsp3) is 0.440. The molecule has 2 aliphatic heterocycles. The van der Waals surface area contributed by atoms with E-state index in [0.717, 1.165) is 24.8 Å². The summed E-state index contributed by atoms with van der Waals surface area (Å²) in [5.41, 5.74) is -3.13. The van der Waals surface area contributed by atoms with Crippen LogP contribution in [0.2, 0.25) is 10.0 Å². The molecular weight excluding hydrogens is 504 g/mol. The van der Waals surface area contributed by atoms with Crippen molar-refractivity contribution in [1.29, 1.82) is 0 Å². The highest BCUT2D eigenvalue weighted by atomic mass is 35.5. The van der Waals surface area contributed by atoms with Crippen LogP contribution in [0.5, 0.6) is 0 Å². The Labute approximate surface area is 211 Å². The van der Waals surface area contributed by atoms with E-state index in [1.165, 1.54) is 11.0 Å². The molecule has 1 spiro atoms. The van der Waals surface area contributed by atoms with Gasteiger partial charge in [0.1, 0.15) is 0 Å². The second-order valence-electron chi connectivity index (χ2n) is 9.14. The van der Waals surface area contributed by atoms with Crippen molar-refractivity contribution in [3.63, 3.8) is 0 Å². The SMILES string of the molecule is CO[C@@](C(=O)N1CCC2(CC1)CC(=O)NC[C@H]2c1ccccc1)(c1cc(Cl)cc(Cl)c1)C(F)(F)F. The Bertz CT molecular complexity index is 1080. The molecule has 2 aliphatic rings. The maximum absolute atomic E-state index is 14.5. The molecule has 5 nitrogen and oxygen atoms in total. The number of methoxy groups -OCH3 is 1. The average Bonchev–Trinajstić information content (AvgIpc) is 2.79. The third kappa shape index (κ3) is 4.63. The molecule has 2 amide bonds. The van der Waals surface area contributed by atoms with Gasteiger partial charge in [0.05, 0.1) is 0 Å². The van der Waals surface area contributed by atoms with Crippen LogP contribution in [0.4, 0.5) is 13.2 Å². The van der Waals surface area contributed by atoms with E-state index in [1.807, 2.05) is 30.3 Å². The Morgan fingerprint density at radius 3 is 2.23 bits per heavy atom. The first-order valence-electron chi connectivity index (χ1n) is 11.2. The number of halogens is 5. The lowest BCUT2D eigenvalue weighted by Crippen LogP contribution is -2.60. The van der Waals surface area contributed by atoms with Crippen LogP contribution >= 0.6 is 23.2 Å². The van der Waals surface area contributed by atoms with E-state index in [1.54, 1.807) is 0 Å².